The zero-order chi connectivity index (χ0) is 13.8. The molecule has 1 aliphatic rings. The van der Waals surface area contributed by atoms with Crippen molar-refractivity contribution in [3.05, 3.63) is 0 Å². The van der Waals surface area contributed by atoms with Gasteiger partial charge in [0.25, 0.3) is 0 Å². The molecule has 1 N–H and O–H groups in total. The predicted octanol–water partition coefficient (Wildman–Crippen LogP) is 1.04. The van der Waals surface area contributed by atoms with Crippen LogP contribution in [0.5, 0.6) is 0 Å². The van der Waals surface area contributed by atoms with Gasteiger partial charge in [0.15, 0.2) is 0 Å². The number of rotatable bonds is 5. The summed E-state index contributed by atoms with van der Waals surface area (Å²) >= 11 is 0. The highest BCUT2D eigenvalue weighted by Gasteiger charge is 2.42. The van der Waals surface area contributed by atoms with Crippen molar-refractivity contribution in [2.75, 3.05) is 33.7 Å². The van der Waals surface area contributed by atoms with Crippen LogP contribution in [0.2, 0.25) is 0 Å². The Labute approximate surface area is 109 Å². The number of carbonyl (C=O) groups excluding carboxylic acids is 1. The maximum absolute atomic E-state index is 12.0. The Kier molecular flexibility index (Phi) is 5.14. The lowest BCUT2D eigenvalue weighted by Gasteiger charge is -2.40. The van der Waals surface area contributed by atoms with Gasteiger partial charge in [-0.2, -0.15) is 0 Å². The second-order valence-electron chi connectivity index (χ2n) is 5.49. The summed E-state index contributed by atoms with van der Waals surface area (Å²) in [4.78, 5) is 27.1. The Morgan fingerprint density at radius 3 is 2.56 bits per heavy atom. The Balaban J connectivity index is 2.74. The molecular weight excluding hydrogens is 232 g/mol. The first-order valence-corrected chi connectivity index (χ1v) is 6.57. The minimum Gasteiger partial charge on any atom is -0.481 e. The van der Waals surface area contributed by atoms with E-state index in [1.54, 1.807) is 4.90 Å². The Bertz CT molecular complexity index is 313. The molecule has 0 aromatic heterocycles. The number of likely N-dealkylation sites (tertiary alicyclic amines) is 1. The average molecular weight is 256 g/mol. The molecule has 0 aromatic carbocycles. The van der Waals surface area contributed by atoms with E-state index in [-0.39, 0.29) is 5.91 Å². The molecule has 5 heteroatoms. The van der Waals surface area contributed by atoms with Crippen molar-refractivity contribution in [2.45, 2.75) is 32.6 Å². The standard InChI is InChI=1S/C13H24N2O3/c1-4-6-13(12(17)18)7-5-8-15(10-13)11(16)9-14(2)3/h4-10H2,1-3H3,(H,17,18). The van der Waals surface area contributed by atoms with Gasteiger partial charge < -0.3 is 14.9 Å². The number of amides is 1. The van der Waals surface area contributed by atoms with Crippen molar-refractivity contribution in [1.29, 1.82) is 0 Å². The predicted molar refractivity (Wildman–Crippen MR) is 69.3 cm³/mol. The Morgan fingerprint density at radius 2 is 2.06 bits per heavy atom. The van der Waals surface area contributed by atoms with E-state index < -0.39 is 11.4 Å². The minimum absolute atomic E-state index is 0.0291. The van der Waals surface area contributed by atoms with Crippen molar-refractivity contribution in [1.82, 2.24) is 9.80 Å². The van der Waals surface area contributed by atoms with Crippen LogP contribution in [0.1, 0.15) is 32.6 Å². The number of hydrogen-bond acceptors (Lipinski definition) is 3. The van der Waals surface area contributed by atoms with Crippen LogP contribution in [0.3, 0.4) is 0 Å². The van der Waals surface area contributed by atoms with Gasteiger partial charge in [-0.15, -0.1) is 0 Å². The van der Waals surface area contributed by atoms with Crippen LogP contribution in [-0.2, 0) is 9.59 Å². The summed E-state index contributed by atoms with van der Waals surface area (Å²) < 4.78 is 0. The Morgan fingerprint density at radius 1 is 1.39 bits per heavy atom. The fourth-order valence-electron chi connectivity index (χ4n) is 2.68. The number of piperidine rings is 1. The van der Waals surface area contributed by atoms with E-state index in [4.69, 9.17) is 0 Å². The SMILES string of the molecule is CCCC1(C(=O)O)CCCN(C(=O)CN(C)C)C1. The molecule has 0 aromatic rings. The van der Waals surface area contributed by atoms with Crippen LogP contribution in [0.25, 0.3) is 0 Å². The van der Waals surface area contributed by atoms with Crippen LogP contribution in [0.4, 0.5) is 0 Å². The largest absolute Gasteiger partial charge is 0.481 e. The number of nitrogens with zero attached hydrogens (tertiary/aromatic N) is 2. The molecule has 1 atom stereocenters. The lowest BCUT2D eigenvalue weighted by atomic mass is 9.76. The number of hydrogen-bond donors (Lipinski definition) is 1. The summed E-state index contributed by atoms with van der Waals surface area (Å²) in [6, 6.07) is 0. The molecule has 5 nitrogen and oxygen atoms in total. The summed E-state index contributed by atoms with van der Waals surface area (Å²) in [5, 5.41) is 9.45. The van der Waals surface area contributed by atoms with Crippen molar-refractivity contribution in [3.8, 4) is 0 Å². The van der Waals surface area contributed by atoms with E-state index >= 15 is 0 Å². The van der Waals surface area contributed by atoms with E-state index in [0.717, 1.165) is 12.8 Å². The van der Waals surface area contributed by atoms with Crippen LogP contribution >= 0.6 is 0 Å². The molecule has 1 aliphatic heterocycles. The minimum atomic E-state index is -0.758. The molecule has 0 aliphatic carbocycles. The van der Waals surface area contributed by atoms with Crippen LogP contribution in [-0.4, -0.2) is 60.5 Å². The zero-order valence-electron chi connectivity index (χ0n) is 11.6. The molecule has 1 amide bonds. The summed E-state index contributed by atoms with van der Waals surface area (Å²) in [6.45, 7) is 3.39. The maximum Gasteiger partial charge on any atom is 0.311 e. The zero-order valence-corrected chi connectivity index (χ0v) is 11.6. The quantitative estimate of drug-likeness (QED) is 0.798. The second kappa shape index (κ2) is 6.18. The first kappa shape index (κ1) is 15.0. The van der Waals surface area contributed by atoms with Gasteiger partial charge in [-0.25, -0.2) is 0 Å². The van der Waals surface area contributed by atoms with Crippen LogP contribution < -0.4 is 0 Å². The molecule has 104 valence electrons. The van der Waals surface area contributed by atoms with E-state index in [9.17, 15) is 14.7 Å². The Hall–Kier alpha value is -1.10. The first-order chi connectivity index (χ1) is 8.41. The lowest BCUT2D eigenvalue weighted by Crippen LogP contribution is -2.51. The summed E-state index contributed by atoms with van der Waals surface area (Å²) in [7, 11) is 3.69. The molecule has 18 heavy (non-hydrogen) atoms. The van der Waals surface area contributed by atoms with E-state index in [1.807, 2.05) is 25.9 Å². The summed E-state index contributed by atoms with van der Waals surface area (Å²) in [5.41, 5.74) is -0.727. The second-order valence-corrected chi connectivity index (χ2v) is 5.49. The van der Waals surface area contributed by atoms with Gasteiger partial charge >= 0.3 is 5.97 Å². The summed E-state index contributed by atoms with van der Waals surface area (Å²) in [5.74, 6) is -0.729. The highest BCUT2D eigenvalue weighted by molar-refractivity contribution is 5.81. The highest BCUT2D eigenvalue weighted by atomic mass is 16.4. The van der Waals surface area contributed by atoms with Crippen molar-refractivity contribution in [2.24, 2.45) is 5.41 Å². The smallest absolute Gasteiger partial charge is 0.311 e. The third-order valence-corrected chi connectivity index (χ3v) is 3.56. The van der Waals surface area contributed by atoms with E-state index in [1.165, 1.54) is 0 Å². The molecule has 1 rings (SSSR count). The number of aliphatic carboxylic acids is 1. The average Bonchev–Trinajstić information content (AvgIpc) is 2.28. The van der Waals surface area contributed by atoms with Gasteiger partial charge in [0.1, 0.15) is 0 Å². The van der Waals surface area contributed by atoms with Gasteiger partial charge in [-0.1, -0.05) is 13.3 Å². The van der Waals surface area contributed by atoms with Crippen molar-refractivity contribution < 1.29 is 14.7 Å². The van der Waals surface area contributed by atoms with Gasteiger partial charge in [0, 0.05) is 13.1 Å². The third-order valence-electron chi connectivity index (χ3n) is 3.56. The molecule has 0 spiro atoms. The van der Waals surface area contributed by atoms with Gasteiger partial charge in [-0.05, 0) is 33.4 Å². The maximum atomic E-state index is 12.0. The molecule has 0 bridgehead atoms. The molecular formula is C13H24N2O3. The monoisotopic (exact) mass is 256 g/mol. The van der Waals surface area contributed by atoms with Crippen LogP contribution in [0, 0.1) is 5.41 Å². The number of carboxylic acids is 1. The van der Waals surface area contributed by atoms with E-state index in [2.05, 4.69) is 0 Å². The topological polar surface area (TPSA) is 60.9 Å². The molecule has 0 radical (unpaired) electrons. The van der Waals surface area contributed by atoms with Crippen molar-refractivity contribution >= 4 is 11.9 Å². The number of likely N-dealkylation sites (N-methyl/N-ethyl adjacent to an activating group) is 1. The van der Waals surface area contributed by atoms with Crippen molar-refractivity contribution in [3.63, 3.8) is 0 Å². The molecule has 1 heterocycles. The normalized spacial score (nSPS) is 24.3. The number of carbonyl (C=O) groups is 2. The number of carboxylic acid groups (broad SMARTS) is 1. The van der Waals surface area contributed by atoms with Gasteiger partial charge in [0.2, 0.25) is 5.91 Å². The molecule has 1 unspecified atom stereocenters. The fourth-order valence-corrected chi connectivity index (χ4v) is 2.68. The van der Waals surface area contributed by atoms with Crippen LogP contribution in [0.15, 0.2) is 0 Å². The third kappa shape index (κ3) is 3.45. The lowest BCUT2D eigenvalue weighted by molar-refractivity contribution is -0.155. The molecule has 0 saturated carbocycles. The van der Waals surface area contributed by atoms with Gasteiger partial charge in [-0.3, -0.25) is 9.59 Å². The summed E-state index contributed by atoms with van der Waals surface area (Å²) in [6.07, 6.45) is 2.95. The molecule has 1 fully saturated rings. The first-order valence-electron chi connectivity index (χ1n) is 6.57. The van der Waals surface area contributed by atoms with E-state index in [0.29, 0.717) is 32.5 Å². The highest BCUT2D eigenvalue weighted by Crippen LogP contribution is 2.35. The fraction of sp³-hybridized carbons (Fsp3) is 0.846. The van der Waals surface area contributed by atoms with Gasteiger partial charge in [0.05, 0.1) is 12.0 Å². The molecule has 1 saturated heterocycles.